The minimum atomic E-state index is -0.680. The van der Waals surface area contributed by atoms with Crippen molar-refractivity contribution in [3.05, 3.63) is 52.3 Å². The number of nitrogens with one attached hydrogen (secondary N) is 1. The molecule has 1 aliphatic carbocycles. The molecule has 2 amide bonds. The number of hydrogen-bond donors (Lipinski definition) is 1. The van der Waals surface area contributed by atoms with Crippen LogP contribution in [0.15, 0.2) is 41.5 Å². The van der Waals surface area contributed by atoms with Gasteiger partial charge in [0.2, 0.25) is 5.91 Å². The Hall–Kier alpha value is -2.21. The molecule has 2 atom stereocenters. The van der Waals surface area contributed by atoms with Gasteiger partial charge in [0.1, 0.15) is 4.67 Å². The summed E-state index contributed by atoms with van der Waals surface area (Å²) in [5.41, 5.74) is 0.993. The van der Waals surface area contributed by atoms with Gasteiger partial charge >= 0.3 is 0 Å². The van der Waals surface area contributed by atoms with Crippen LogP contribution in [0.1, 0.15) is 85.3 Å². The second-order valence-corrected chi connectivity index (χ2v) is 12.4. The zero-order valence-electron chi connectivity index (χ0n) is 21.9. The third-order valence-electron chi connectivity index (χ3n) is 7.72. The van der Waals surface area contributed by atoms with E-state index in [9.17, 15) is 9.59 Å². The average molecular weight is 484 g/mol. The normalized spacial score (nSPS) is 22.7. The molecule has 186 valence electrons. The maximum atomic E-state index is 13.7. The van der Waals surface area contributed by atoms with Crippen LogP contribution >= 0.6 is 11.5 Å². The molecular weight excluding hydrogens is 442 g/mol. The van der Waals surface area contributed by atoms with Crippen LogP contribution in [0, 0.1) is 16.7 Å². The van der Waals surface area contributed by atoms with Gasteiger partial charge in [-0.25, -0.2) is 4.99 Å². The second kappa shape index (κ2) is 10.2. The lowest BCUT2D eigenvalue weighted by Crippen LogP contribution is -2.45. The summed E-state index contributed by atoms with van der Waals surface area (Å²) in [7, 11) is 0. The number of carbonyl (C=O) groups excluding carboxylic acids is 2. The van der Waals surface area contributed by atoms with Crippen LogP contribution in [0.25, 0.3) is 0 Å². The van der Waals surface area contributed by atoms with Gasteiger partial charge in [-0.2, -0.15) is 0 Å². The predicted molar refractivity (Wildman–Crippen MR) is 139 cm³/mol. The maximum Gasteiger partial charge on any atom is 0.253 e. The minimum Gasteiger partial charge on any atom is -0.352 e. The molecule has 0 bridgehead atoms. The highest BCUT2D eigenvalue weighted by Crippen LogP contribution is 2.56. The summed E-state index contributed by atoms with van der Waals surface area (Å²) in [5.74, 6) is -0.296. The first-order chi connectivity index (χ1) is 15.9. The van der Waals surface area contributed by atoms with Crippen molar-refractivity contribution in [2.24, 2.45) is 21.7 Å². The smallest absolute Gasteiger partial charge is 0.253 e. The quantitative estimate of drug-likeness (QED) is 0.538. The average Bonchev–Trinajstić information content (AvgIpc) is 3.29. The molecule has 0 radical (unpaired) electrons. The van der Waals surface area contributed by atoms with Crippen LogP contribution in [0.5, 0.6) is 0 Å². The van der Waals surface area contributed by atoms with Crippen molar-refractivity contribution in [2.75, 3.05) is 0 Å². The van der Waals surface area contributed by atoms with E-state index in [0.29, 0.717) is 19.4 Å². The zero-order chi connectivity index (χ0) is 25.1. The van der Waals surface area contributed by atoms with Crippen LogP contribution in [-0.2, 0) is 28.1 Å². The van der Waals surface area contributed by atoms with Gasteiger partial charge < -0.3 is 5.32 Å². The number of aryl methyl sites for hydroxylation is 1. The number of aromatic nitrogens is 1. The molecule has 1 N–H and O–H groups in total. The molecule has 6 heteroatoms. The Morgan fingerprint density at radius 2 is 1.85 bits per heavy atom. The molecule has 5 nitrogen and oxygen atoms in total. The van der Waals surface area contributed by atoms with Crippen LogP contribution in [0.2, 0.25) is 0 Å². The fraction of sp³-hybridized carbons (Fsp3) is 0.607. The highest BCUT2D eigenvalue weighted by atomic mass is 32.1. The molecule has 1 heterocycles. The third kappa shape index (κ3) is 5.37. The molecule has 1 fully saturated rings. The van der Waals surface area contributed by atoms with Gasteiger partial charge in [-0.3, -0.25) is 13.5 Å². The summed E-state index contributed by atoms with van der Waals surface area (Å²) in [6.07, 6.45) is 6.62. The monoisotopic (exact) mass is 483 g/mol. The third-order valence-corrected chi connectivity index (χ3v) is 9.10. The zero-order valence-corrected chi connectivity index (χ0v) is 22.7. The van der Waals surface area contributed by atoms with E-state index >= 15 is 0 Å². The molecule has 1 aromatic heterocycles. The van der Waals surface area contributed by atoms with Crippen molar-refractivity contribution in [3.63, 3.8) is 0 Å². The molecule has 1 aliphatic rings. The fourth-order valence-electron chi connectivity index (χ4n) is 4.80. The van der Waals surface area contributed by atoms with Crippen molar-refractivity contribution in [1.82, 2.24) is 9.27 Å². The summed E-state index contributed by atoms with van der Waals surface area (Å²) in [4.78, 5) is 31.5. The van der Waals surface area contributed by atoms with Gasteiger partial charge in [0.05, 0.1) is 5.41 Å². The van der Waals surface area contributed by atoms with Gasteiger partial charge in [-0.15, -0.1) is 0 Å². The molecule has 2 unspecified atom stereocenters. The number of rotatable bonds is 7. The van der Waals surface area contributed by atoms with Crippen molar-refractivity contribution in [3.8, 4) is 0 Å². The largest absolute Gasteiger partial charge is 0.352 e. The summed E-state index contributed by atoms with van der Waals surface area (Å²) in [5, 5.41) is 3.09. The van der Waals surface area contributed by atoms with E-state index in [2.05, 4.69) is 57.0 Å². The van der Waals surface area contributed by atoms with E-state index in [0.717, 1.165) is 35.1 Å². The van der Waals surface area contributed by atoms with Crippen molar-refractivity contribution >= 4 is 23.3 Å². The van der Waals surface area contributed by atoms with Gasteiger partial charge in [0.15, 0.2) is 0 Å². The second-order valence-electron chi connectivity index (χ2n) is 11.4. The molecule has 3 rings (SSSR count). The minimum absolute atomic E-state index is 0.0238. The molecule has 34 heavy (non-hydrogen) atoms. The summed E-state index contributed by atoms with van der Waals surface area (Å²) in [6.45, 7) is 15.3. The van der Waals surface area contributed by atoms with Gasteiger partial charge in [-0.05, 0) is 69.0 Å². The first kappa shape index (κ1) is 26.4. The Labute approximate surface area is 208 Å². The van der Waals surface area contributed by atoms with Crippen LogP contribution in [-0.4, -0.2) is 15.8 Å². The molecule has 0 saturated heterocycles. The van der Waals surface area contributed by atoms with Crippen LogP contribution in [0.3, 0.4) is 0 Å². The Morgan fingerprint density at radius 1 is 1.18 bits per heavy atom. The Bertz CT molecular complexity index is 1080. The molecule has 0 aliphatic heterocycles. The number of hydrogen-bond acceptors (Lipinski definition) is 3. The van der Waals surface area contributed by atoms with Crippen LogP contribution in [0.4, 0.5) is 0 Å². The number of benzene rings is 1. The number of amides is 2. The van der Waals surface area contributed by atoms with E-state index in [1.165, 1.54) is 0 Å². The maximum absolute atomic E-state index is 13.7. The van der Waals surface area contributed by atoms with E-state index < -0.39 is 10.8 Å². The van der Waals surface area contributed by atoms with E-state index in [1.807, 2.05) is 37.3 Å². The molecule has 1 aromatic carbocycles. The molecule has 1 saturated carbocycles. The highest BCUT2D eigenvalue weighted by Gasteiger charge is 2.58. The SMILES string of the molecule is CCCCc1cn(C(C)(C)C)sc1=NC(=O)C1(C)CCC(C(=O)NCc2ccccc2)C1(C)C. The first-order valence-corrected chi connectivity index (χ1v) is 13.3. The lowest BCUT2D eigenvalue weighted by Gasteiger charge is -2.38. The van der Waals surface area contributed by atoms with Gasteiger partial charge in [-0.1, -0.05) is 64.4 Å². The lowest BCUT2D eigenvalue weighted by molar-refractivity contribution is -0.136. The molecule has 2 aromatic rings. The first-order valence-electron chi connectivity index (χ1n) is 12.5. The Balaban J connectivity index is 1.84. The number of nitrogens with zero attached hydrogens (tertiary/aromatic N) is 2. The molecule has 0 spiro atoms. The Morgan fingerprint density at radius 3 is 2.47 bits per heavy atom. The van der Waals surface area contributed by atoms with Crippen molar-refractivity contribution < 1.29 is 9.59 Å². The molecular formula is C28H41N3O2S. The van der Waals surface area contributed by atoms with E-state index in [-0.39, 0.29) is 23.3 Å². The highest BCUT2D eigenvalue weighted by molar-refractivity contribution is 7.04. The standard InChI is InChI=1S/C28H41N3O2S/c1-8-9-15-21-19-31(26(2,3)4)34-24(21)30-25(33)28(7)17-16-22(27(28,5)6)23(32)29-18-20-13-11-10-12-14-20/h10-14,19,22H,8-9,15-18H2,1-7H3,(H,29,32). The van der Waals surface area contributed by atoms with Crippen LogP contribution < -0.4 is 9.99 Å². The summed E-state index contributed by atoms with van der Waals surface area (Å²) in [6, 6.07) is 9.93. The van der Waals surface area contributed by atoms with Crippen molar-refractivity contribution in [2.45, 2.75) is 92.7 Å². The summed E-state index contributed by atoms with van der Waals surface area (Å²) >= 11 is 1.57. The van der Waals surface area contributed by atoms with Crippen molar-refractivity contribution in [1.29, 1.82) is 0 Å². The van der Waals surface area contributed by atoms with Gasteiger partial charge in [0, 0.05) is 29.8 Å². The lowest BCUT2D eigenvalue weighted by atomic mass is 9.65. The van der Waals surface area contributed by atoms with E-state index in [1.54, 1.807) is 11.5 Å². The van der Waals surface area contributed by atoms with Gasteiger partial charge in [0.25, 0.3) is 5.91 Å². The number of carbonyl (C=O) groups is 2. The topological polar surface area (TPSA) is 63.5 Å². The fourth-order valence-corrected chi connectivity index (χ4v) is 5.84. The predicted octanol–water partition coefficient (Wildman–Crippen LogP) is 5.83. The number of unbranched alkanes of at least 4 members (excludes halogenated alkanes) is 1. The Kier molecular flexibility index (Phi) is 7.91. The van der Waals surface area contributed by atoms with E-state index in [4.69, 9.17) is 4.99 Å². The summed E-state index contributed by atoms with van der Waals surface area (Å²) < 4.78 is 3.02.